The molecule has 1 aromatic rings. The molecule has 1 atom stereocenters. The highest BCUT2D eigenvalue weighted by Crippen LogP contribution is 2.25. The SMILES string of the molecule is COC(=O)c1ccnc(N(C)CC2CCN(C)C2)c1N. The lowest BCUT2D eigenvalue weighted by atomic mass is 10.1. The minimum atomic E-state index is -0.430. The van der Waals surface area contributed by atoms with Crippen LogP contribution in [-0.4, -0.2) is 56.7 Å². The summed E-state index contributed by atoms with van der Waals surface area (Å²) in [5.41, 5.74) is 6.80. The van der Waals surface area contributed by atoms with Gasteiger partial charge >= 0.3 is 5.97 Å². The molecule has 0 aliphatic carbocycles. The lowest BCUT2D eigenvalue weighted by Gasteiger charge is -2.24. The number of anilines is 2. The number of hydrogen-bond acceptors (Lipinski definition) is 6. The van der Waals surface area contributed by atoms with Crippen LogP contribution in [0.5, 0.6) is 0 Å². The molecule has 0 bridgehead atoms. The fourth-order valence-electron chi connectivity index (χ4n) is 2.70. The van der Waals surface area contributed by atoms with Crippen LogP contribution in [-0.2, 0) is 4.74 Å². The maximum absolute atomic E-state index is 11.6. The van der Waals surface area contributed by atoms with Crippen molar-refractivity contribution in [2.45, 2.75) is 6.42 Å². The molecule has 1 saturated heterocycles. The van der Waals surface area contributed by atoms with E-state index in [0.29, 0.717) is 23.0 Å². The van der Waals surface area contributed by atoms with Crippen LogP contribution >= 0.6 is 0 Å². The van der Waals surface area contributed by atoms with Gasteiger partial charge in [-0.1, -0.05) is 0 Å². The topological polar surface area (TPSA) is 71.7 Å². The number of nitrogen functional groups attached to an aromatic ring is 1. The molecule has 1 aliphatic heterocycles. The molecule has 2 N–H and O–H groups in total. The van der Waals surface area contributed by atoms with Crippen LogP contribution in [0.3, 0.4) is 0 Å². The highest BCUT2D eigenvalue weighted by molar-refractivity contribution is 5.97. The Hall–Kier alpha value is -1.82. The summed E-state index contributed by atoms with van der Waals surface area (Å²) in [5, 5.41) is 0. The number of rotatable bonds is 4. The van der Waals surface area contributed by atoms with Gasteiger partial charge in [0.05, 0.1) is 18.4 Å². The Morgan fingerprint density at radius 1 is 1.65 bits per heavy atom. The van der Waals surface area contributed by atoms with E-state index in [1.54, 1.807) is 12.3 Å². The molecule has 2 rings (SSSR count). The third-order valence-corrected chi connectivity index (χ3v) is 3.76. The molecule has 6 heteroatoms. The predicted molar refractivity (Wildman–Crippen MR) is 78.9 cm³/mol. The highest BCUT2D eigenvalue weighted by Gasteiger charge is 2.23. The third-order valence-electron chi connectivity index (χ3n) is 3.76. The summed E-state index contributed by atoms with van der Waals surface area (Å²) < 4.78 is 4.73. The van der Waals surface area contributed by atoms with E-state index in [4.69, 9.17) is 10.5 Å². The van der Waals surface area contributed by atoms with E-state index in [1.807, 2.05) is 11.9 Å². The van der Waals surface area contributed by atoms with E-state index >= 15 is 0 Å². The van der Waals surface area contributed by atoms with E-state index in [2.05, 4.69) is 16.9 Å². The van der Waals surface area contributed by atoms with E-state index in [-0.39, 0.29) is 0 Å². The number of nitrogens with zero attached hydrogens (tertiary/aromatic N) is 3. The van der Waals surface area contributed by atoms with E-state index in [0.717, 1.165) is 19.6 Å². The Bertz CT molecular complexity index is 492. The first-order valence-electron chi connectivity index (χ1n) is 6.75. The smallest absolute Gasteiger partial charge is 0.340 e. The number of nitrogens with two attached hydrogens (primary N) is 1. The molecule has 2 heterocycles. The zero-order valence-electron chi connectivity index (χ0n) is 12.3. The van der Waals surface area contributed by atoms with Gasteiger partial charge in [-0.2, -0.15) is 0 Å². The van der Waals surface area contributed by atoms with Crippen molar-refractivity contribution in [1.29, 1.82) is 0 Å². The van der Waals surface area contributed by atoms with Crippen LogP contribution in [0.25, 0.3) is 0 Å². The number of ether oxygens (including phenoxy) is 1. The molecule has 6 nitrogen and oxygen atoms in total. The molecule has 1 fully saturated rings. The van der Waals surface area contributed by atoms with Crippen molar-refractivity contribution in [3.63, 3.8) is 0 Å². The van der Waals surface area contributed by atoms with Crippen LogP contribution < -0.4 is 10.6 Å². The Morgan fingerprint density at radius 2 is 2.40 bits per heavy atom. The standard InChI is InChI=1S/C14H22N4O2/c1-17-7-5-10(8-17)9-18(2)13-12(15)11(4-6-16-13)14(19)20-3/h4,6,10H,5,7-9,15H2,1-3H3. The first kappa shape index (κ1) is 14.6. The monoisotopic (exact) mass is 278 g/mol. The second-order valence-electron chi connectivity index (χ2n) is 5.38. The average Bonchev–Trinajstić information content (AvgIpc) is 2.83. The van der Waals surface area contributed by atoms with Crippen LogP contribution in [0.2, 0.25) is 0 Å². The summed E-state index contributed by atoms with van der Waals surface area (Å²) in [4.78, 5) is 20.3. The number of likely N-dealkylation sites (tertiary alicyclic amines) is 1. The van der Waals surface area contributed by atoms with Gasteiger partial charge in [-0.25, -0.2) is 9.78 Å². The second kappa shape index (κ2) is 6.09. The molecule has 0 aromatic carbocycles. The molecular formula is C14H22N4O2. The van der Waals surface area contributed by atoms with Crippen molar-refractivity contribution >= 4 is 17.5 Å². The number of carbonyl (C=O) groups is 1. The van der Waals surface area contributed by atoms with Gasteiger partial charge in [0, 0.05) is 26.3 Å². The molecule has 0 saturated carbocycles. The quantitative estimate of drug-likeness (QED) is 0.823. The molecule has 1 aromatic heterocycles. The number of esters is 1. The van der Waals surface area contributed by atoms with Crippen molar-refractivity contribution in [3.05, 3.63) is 17.8 Å². The van der Waals surface area contributed by atoms with Crippen LogP contribution in [0, 0.1) is 5.92 Å². The summed E-state index contributed by atoms with van der Waals surface area (Å²) in [5.74, 6) is 0.815. The van der Waals surface area contributed by atoms with Gasteiger partial charge in [0.25, 0.3) is 0 Å². The Labute approximate surface area is 119 Å². The summed E-state index contributed by atoms with van der Waals surface area (Å²) in [6, 6.07) is 1.59. The van der Waals surface area contributed by atoms with Gasteiger partial charge in [0.15, 0.2) is 5.82 Å². The Balaban J connectivity index is 2.13. The highest BCUT2D eigenvalue weighted by atomic mass is 16.5. The second-order valence-corrected chi connectivity index (χ2v) is 5.38. The maximum atomic E-state index is 11.6. The van der Waals surface area contributed by atoms with Crippen LogP contribution in [0.1, 0.15) is 16.8 Å². The van der Waals surface area contributed by atoms with Crippen molar-refractivity contribution in [1.82, 2.24) is 9.88 Å². The Kier molecular flexibility index (Phi) is 4.44. The first-order chi connectivity index (χ1) is 9.52. The first-order valence-corrected chi connectivity index (χ1v) is 6.75. The summed E-state index contributed by atoms with van der Waals surface area (Å²) >= 11 is 0. The lowest BCUT2D eigenvalue weighted by Crippen LogP contribution is -2.29. The molecule has 110 valence electrons. The number of hydrogen-bond donors (Lipinski definition) is 1. The molecule has 0 spiro atoms. The summed E-state index contributed by atoms with van der Waals surface area (Å²) in [7, 11) is 5.43. The van der Waals surface area contributed by atoms with Gasteiger partial charge in [0.2, 0.25) is 0 Å². The number of methoxy groups -OCH3 is 1. The summed E-state index contributed by atoms with van der Waals surface area (Å²) in [6.07, 6.45) is 2.77. The van der Waals surface area contributed by atoms with Crippen molar-refractivity contribution in [3.8, 4) is 0 Å². The minimum absolute atomic E-state index is 0.368. The number of carbonyl (C=O) groups excluding carboxylic acids is 1. The molecule has 0 amide bonds. The largest absolute Gasteiger partial charge is 0.465 e. The number of pyridine rings is 1. The molecular weight excluding hydrogens is 256 g/mol. The zero-order chi connectivity index (χ0) is 14.7. The van der Waals surface area contributed by atoms with Crippen LogP contribution in [0.15, 0.2) is 12.3 Å². The normalized spacial score (nSPS) is 19.1. The predicted octanol–water partition coefficient (Wildman–Crippen LogP) is 0.838. The van der Waals surface area contributed by atoms with Gasteiger partial charge < -0.3 is 20.3 Å². The van der Waals surface area contributed by atoms with Crippen molar-refractivity contribution < 1.29 is 9.53 Å². The molecule has 1 unspecified atom stereocenters. The van der Waals surface area contributed by atoms with Gasteiger partial charge in [-0.15, -0.1) is 0 Å². The third kappa shape index (κ3) is 3.01. The Morgan fingerprint density at radius 3 is 3.00 bits per heavy atom. The average molecular weight is 278 g/mol. The van der Waals surface area contributed by atoms with Crippen LogP contribution in [0.4, 0.5) is 11.5 Å². The summed E-state index contributed by atoms with van der Waals surface area (Å²) in [6.45, 7) is 3.09. The fraction of sp³-hybridized carbons (Fsp3) is 0.571. The molecule has 1 aliphatic rings. The van der Waals surface area contributed by atoms with E-state index < -0.39 is 5.97 Å². The minimum Gasteiger partial charge on any atom is -0.465 e. The number of aromatic nitrogens is 1. The maximum Gasteiger partial charge on any atom is 0.340 e. The fourth-order valence-corrected chi connectivity index (χ4v) is 2.70. The van der Waals surface area contributed by atoms with Gasteiger partial charge in [-0.05, 0) is 32.0 Å². The van der Waals surface area contributed by atoms with Gasteiger partial charge in [-0.3, -0.25) is 0 Å². The van der Waals surface area contributed by atoms with Gasteiger partial charge in [0.1, 0.15) is 0 Å². The van der Waals surface area contributed by atoms with E-state index in [1.165, 1.54) is 13.5 Å². The molecule has 0 radical (unpaired) electrons. The van der Waals surface area contributed by atoms with Crippen molar-refractivity contribution in [2.24, 2.45) is 5.92 Å². The molecule has 20 heavy (non-hydrogen) atoms. The van der Waals surface area contributed by atoms with Crippen molar-refractivity contribution in [2.75, 3.05) is 51.5 Å². The zero-order valence-corrected chi connectivity index (χ0v) is 12.3. The lowest BCUT2D eigenvalue weighted by molar-refractivity contribution is 0.0602. The van der Waals surface area contributed by atoms with E-state index in [9.17, 15) is 4.79 Å².